The Balaban J connectivity index is 0.00000243. The number of nitrogens with zero attached hydrogens (tertiary/aromatic N) is 2. The third-order valence-electron chi connectivity index (χ3n) is 4.33. The van der Waals surface area contributed by atoms with E-state index in [0.717, 1.165) is 36.5 Å². The van der Waals surface area contributed by atoms with E-state index in [1.807, 2.05) is 6.07 Å². The molecule has 2 amide bonds. The predicted octanol–water partition coefficient (Wildman–Crippen LogP) is 2.77. The van der Waals surface area contributed by atoms with Crippen LogP contribution >= 0.6 is 23.7 Å². The molecule has 1 aromatic carbocycles. The summed E-state index contributed by atoms with van der Waals surface area (Å²) < 4.78 is 0. The number of carbonyl (C=O) groups excluding carboxylic acids is 2. The van der Waals surface area contributed by atoms with E-state index in [1.165, 1.54) is 11.3 Å². The van der Waals surface area contributed by atoms with E-state index in [4.69, 9.17) is 11.0 Å². The highest BCUT2D eigenvalue weighted by Crippen LogP contribution is 2.37. The summed E-state index contributed by atoms with van der Waals surface area (Å²) in [6.45, 7) is 4.68. The average molecular weight is 391 g/mol. The van der Waals surface area contributed by atoms with Gasteiger partial charge in [0.1, 0.15) is 5.00 Å². The van der Waals surface area contributed by atoms with E-state index >= 15 is 0 Å². The number of fused-ring (bicyclic) bond motifs is 1. The Labute approximate surface area is 162 Å². The van der Waals surface area contributed by atoms with Crippen molar-refractivity contribution in [2.75, 3.05) is 18.4 Å². The van der Waals surface area contributed by atoms with Crippen molar-refractivity contribution in [3.05, 3.63) is 51.4 Å². The molecule has 2 heterocycles. The molecule has 8 heteroatoms. The van der Waals surface area contributed by atoms with Gasteiger partial charge >= 0.3 is 0 Å². The van der Waals surface area contributed by atoms with E-state index in [-0.39, 0.29) is 18.3 Å². The van der Waals surface area contributed by atoms with Crippen LogP contribution in [0.1, 0.15) is 43.6 Å². The lowest BCUT2D eigenvalue weighted by atomic mass is 10.0. The van der Waals surface area contributed by atoms with Crippen molar-refractivity contribution in [1.29, 1.82) is 5.26 Å². The number of likely N-dealkylation sites (N-methyl/N-ethyl adjacent to an activating group) is 1. The van der Waals surface area contributed by atoms with Gasteiger partial charge in [-0.25, -0.2) is 0 Å². The molecule has 136 valence electrons. The average Bonchev–Trinajstić information content (AvgIpc) is 2.98. The summed E-state index contributed by atoms with van der Waals surface area (Å²) in [6.07, 6.45) is 0.755. The van der Waals surface area contributed by atoms with Crippen LogP contribution in [0.15, 0.2) is 24.3 Å². The number of benzene rings is 1. The number of anilines is 1. The number of hydrogen-bond acceptors (Lipinski definition) is 5. The molecule has 1 aliphatic heterocycles. The summed E-state index contributed by atoms with van der Waals surface area (Å²) in [5.41, 5.74) is 7.87. The molecule has 1 aromatic heterocycles. The molecule has 0 aliphatic carbocycles. The molecule has 0 bridgehead atoms. The summed E-state index contributed by atoms with van der Waals surface area (Å²) in [5.74, 6) is -0.837. The number of nitriles is 1. The maximum atomic E-state index is 12.5. The molecule has 3 rings (SSSR count). The molecule has 2 aromatic rings. The van der Waals surface area contributed by atoms with Crippen LogP contribution in [0.4, 0.5) is 5.00 Å². The first-order chi connectivity index (χ1) is 12.0. The van der Waals surface area contributed by atoms with Gasteiger partial charge in [0.15, 0.2) is 0 Å². The van der Waals surface area contributed by atoms with Crippen LogP contribution in [0.25, 0.3) is 0 Å². The number of carbonyl (C=O) groups is 2. The van der Waals surface area contributed by atoms with Gasteiger partial charge in [-0.1, -0.05) is 6.92 Å². The van der Waals surface area contributed by atoms with Crippen LogP contribution in [0, 0.1) is 11.3 Å². The van der Waals surface area contributed by atoms with E-state index in [9.17, 15) is 9.59 Å². The van der Waals surface area contributed by atoms with Gasteiger partial charge in [-0.3, -0.25) is 14.5 Å². The van der Waals surface area contributed by atoms with Crippen molar-refractivity contribution in [2.45, 2.75) is 19.9 Å². The van der Waals surface area contributed by atoms with Crippen molar-refractivity contribution < 1.29 is 9.59 Å². The highest BCUT2D eigenvalue weighted by Gasteiger charge is 2.27. The zero-order chi connectivity index (χ0) is 18.0. The molecule has 0 radical (unpaired) electrons. The number of halogens is 1. The van der Waals surface area contributed by atoms with Gasteiger partial charge in [-0.05, 0) is 42.8 Å². The first-order valence-corrected chi connectivity index (χ1v) is 8.83. The Morgan fingerprint density at radius 3 is 2.62 bits per heavy atom. The lowest BCUT2D eigenvalue weighted by Crippen LogP contribution is -2.30. The van der Waals surface area contributed by atoms with Crippen LogP contribution in [0.5, 0.6) is 0 Å². The summed E-state index contributed by atoms with van der Waals surface area (Å²) in [6, 6.07) is 8.36. The summed E-state index contributed by atoms with van der Waals surface area (Å²) in [4.78, 5) is 27.8. The van der Waals surface area contributed by atoms with Crippen LogP contribution in [-0.2, 0) is 13.0 Å². The zero-order valence-electron chi connectivity index (χ0n) is 14.2. The Kier molecular flexibility index (Phi) is 6.37. The lowest BCUT2D eigenvalue weighted by molar-refractivity contribution is 0.1000. The highest BCUT2D eigenvalue weighted by molar-refractivity contribution is 7.17. The molecule has 6 nitrogen and oxygen atoms in total. The Bertz CT molecular complexity index is 871. The summed E-state index contributed by atoms with van der Waals surface area (Å²) >= 11 is 1.41. The van der Waals surface area contributed by atoms with Crippen LogP contribution in [-0.4, -0.2) is 29.8 Å². The molecule has 0 unspecified atom stereocenters. The van der Waals surface area contributed by atoms with Gasteiger partial charge in [0.05, 0.1) is 17.2 Å². The Morgan fingerprint density at radius 2 is 2.04 bits per heavy atom. The van der Waals surface area contributed by atoms with Crippen molar-refractivity contribution in [2.24, 2.45) is 5.73 Å². The van der Waals surface area contributed by atoms with Crippen LogP contribution < -0.4 is 11.1 Å². The topological polar surface area (TPSA) is 99.2 Å². The quantitative estimate of drug-likeness (QED) is 0.838. The smallest absolute Gasteiger partial charge is 0.256 e. The van der Waals surface area contributed by atoms with E-state index in [2.05, 4.69) is 17.1 Å². The van der Waals surface area contributed by atoms with E-state index in [0.29, 0.717) is 21.7 Å². The van der Waals surface area contributed by atoms with Crippen molar-refractivity contribution in [3.63, 3.8) is 0 Å². The molecular formula is C18H19ClN4O2S. The normalized spacial score (nSPS) is 13.2. The number of thiophene rings is 1. The second kappa shape index (κ2) is 8.32. The molecule has 0 saturated carbocycles. The van der Waals surface area contributed by atoms with E-state index in [1.54, 1.807) is 24.3 Å². The number of nitrogens with two attached hydrogens (primary N) is 1. The van der Waals surface area contributed by atoms with Crippen molar-refractivity contribution in [3.8, 4) is 6.07 Å². The molecule has 0 fully saturated rings. The fraction of sp³-hybridized carbons (Fsp3) is 0.278. The number of amides is 2. The van der Waals surface area contributed by atoms with Crippen molar-refractivity contribution >= 4 is 40.6 Å². The Morgan fingerprint density at radius 1 is 1.35 bits per heavy atom. The molecular weight excluding hydrogens is 372 g/mol. The van der Waals surface area contributed by atoms with Crippen LogP contribution in [0.3, 0.4) is 0 Å². The third-order valence-corrected chi connectivity index (χ3v) is 5.47. The second-order valence-electron chi connectivity index (χ2n) is 5.83. The molecule has 3 N–H and O–H groups in total. The molecule has 26 heavy (non-hydrogen) atoms. The highest BCUT2D eigenvalue weighted by atomic mass is 35.5. The third kappa shape index (κ3) is 3.88. The van der Waals surface area contributed by atoms with Gasteiger partial charge in [0, 0.05) is 23.5 Å². The fourth-order valence-corrected chi connectivity index (χ4v) is 4.24. The first kappa shape index (κ1) is 19.9. The van der Waals surface area contributed by atoms with Gasteiger partial charge < -0.3 is 11.1 Å². The number of primary amides is 1. The van der Waals surface area contributed by atoms with Gasteiger partial charge in [-0.15, -0.1) is 23.7 Å². The minimum atomic E-state index is -0.516. The van der Waals surface area contributed by atoms with Gasteiger partial charge in [0.25, 0.3) is 11.8 Å². The lowest BCUT2D eigenvalue weighted by Gasteiger charge is -2.25. The summed E-state index contributed by atoms with van der Waals surface area (Å²) in [7, 11) is 0. The maximum Gasteiger partial charge on any atom is 0.256 e. The maximum absolute atomic E-state index is 12.5. The van der Waals surface area contributed by atoms with Gasteiger partial charge in [-0.2, -0.15) is 5.26 Å². The monoisotopic (exact) mass is 390 g/mol. The predicted molar refractivity (Wildman–Crippen MR) is 104 cm³/mol. The minimum Gasteiger partial charge on any atom is -0.365 e. The molecule has 1 aliphatic rings. The SMILES string of the molecule is CCN1CCc2c(sc(NC(=O)c3ccc(C#N)cc3)c2C(N)=O)C1.Cl. The number of rotatable bonds is 4. The summed E-state index contributed by atoms with van der Waals surface area (Å²) in [5, 5.41) is 12.1. The molecule has 0 atom stereocenters. The van der Waals surface area contributed by atoms with Crippen LogP contribution in [0.2, 0.25) is 0 Å². The second-order valence-corrected chi connectivity index (χ2v) is 6.94. The zero-order valence-corrected chi connectivity index (χ0v) is 15.9. The first-order valence-electron chi connectivity index (χ1n) is 8.01. The van der Waals surface area contributed by atoms with E-state index < -0.39 is 5.91 Å². The van der Waals surface area contributed by atoms with Gasteiger partial charge in [0.2, 0.25) is 0 Å². The number of hydrogen-bond donors (Lipinski definition) is 2. The Hall–Kier alpha value is -2.40. The molecule has 0 spiro atoms. The number of nitrogens with one attached hydrogen (secondary N) is 1. The van der Waals surface area contributed by atoms with Crippen molar-refractivity contribution in [1.82, 2.24) is 4.90 Å². The minimum absolute atomic E-state index is 0. The fourth-order valence-electron chi connectivity index (χ4n) is 2.95. The molecule has 0 saturated heterocycles. The largest absolute Gasteiger partial charge is 0.365 e. The standard InChI is InChI=1S/C18H18N4O2S.ClH/c1-2-22-8-7-13-14(10-22)25-18(15(13)16(20)23)21-17(24)12-5-3-11(9-19)4-6-12;/h3-6H,2,7-8,10H2,1H3,(H2,20,23)(H,21,24);1H.